The van der Waals surface area contributed by atoms with Gasteiger partial charge in [-0.3, -0.25) is 9.78 Å². The molecule has 2 N–H and O–H groups in total. The number of halogens is 1. The normalized spacial score (nSPS) is 16.4. The van der Waals surface area contributed by atoms with Gasteiger partial charge in [0.1, 0.15) is 11.9 Å². The minimum atomic E-state index is -0.208. The molecule has 6 heteroatoms. The number of nitrogens with zero attached hydrogens (tertiary/aromatic N) is 2. The molecule has 27 heavy (non-hydrogen) atoms. The van der Waals surface area contributed by atoms with E-state index in [1.54, 1.807) is 6.20 Å². The maximum absolute atomic E-state index is 13.2. The highest BCUT2D eigenvalue weighted by atomic mass is 19.1. The van der Waals surface area contributed by atoms with E-state index in [1.807, 2.05) is 38.2 Å². The van der Waals surface area contributed by atoms with E-state index in [4.69, 9.17) is 0 Å². The number of pyridine rings is 1. The summed E-state index contributed by atoms with van der Waals surface area (Å²) in [7, 11) is 0. The van der Waals surface area contributed by atoms with Crippen molar-refractivity contribution in [1.82, 2.24) is 10.3 Å². The number of carbonyl (C=O) groups excluding carboxylic acids is 1. The van der Waals surface area contributed by atoms with Crippen LogP contribution in [0.15, 0.2) is 48.8 Å². The molecule has 0 saturated carbocycles. The van der Waals surface area contributed by atoms with E-state index in [0.29, 0.717) is 6.54 Å². The number of hydrogen-bond acceptors (Lipinski definition) is 3. The molecule has 1 aliphatic heterocycles. The van der Waals surface area contributed by atoms with Gasteiger partial charge in [-0.05, 0) is 36.4 Å². The number of hydrogen-bond donors (Lipinski definition) is 2. The highest BCUT2D eigenvalue weighted by Gasteiger charge is 2.29. The van der Waals surface area contributed by atoms with Gasteiger partial charge in [0.25, 0.3) is 0 Å². The maximum atomic E-state index is 13.2. The zero-order valence-corrected chi connectivity index (χ0v) is 16.0. The average Bonchev–Trinajstić information content (AvgIpc) is 2.70. The first-order valence-corrected chi connectivity index (χ1v) is 9.57. The smallest absolute Gasteiger partial charge is 0.222 e. The van der Waals surface area contributed by atoms with Gasteiger partial charge in [-0.1, -0.05) is 13.8 Å². The molecule has 3 rings (SSSR count). The van der Waals surface area contributed by atoms with Crippen molar-refractivity contribution in [2.24, 2.45) is 5.92 Å². The summed E-state index contributed by atoms with van der Waals surface area (Å²) in [4.78, 5) is 20.0. The van der Waals surface area contributed by atoms with Crippen molar-refractivity contribution in [3.05, 3.63) is 60.2 Å². The predicted molar refractivity (Wildman–Crippen MR) is 104 cm³/mol. The fourth-order valence-corrected chi connectivity index (χ4v) is 3.54. The van der Waals surface area contributed by atoms with Gasteiger partial charge in [0.15, 0.2) is 0 Å². The molecule has 0 radical (unpaired) electrons. The third kappa shape index (κ3) is 5.04. The summed E-state index contributed by atoms with van der Waals surface area (Å²) in [6.07, 6.45) is 3.67. The third-order valence-electron chi connectivity index (χ3n) is 5.18. The quantitative estimate of drug-likeness (QED) is 0.808. The largest absolute Gasteiger partial charge is 0.360 e. The Kier molecular flexibility index (Phi) is 6.40. The Bertz CT molecular complexity index is 728. The van der Waals surface area contributed by atoms with Crippen LogP contribution in [0, 0.1) is 11.7 Å². The average molecular weight is 371 g/mol. The van der Waals surface area contributed by atoms with Crippen LogP contribution >= 0.6 is 0 Å². The highest BCUT2D eigenvalue weighted by molar-refractivity contribution is 5.77. The van der Waals surface area contributed by atoms with Crippen LogP contribution in [0.5, 0.6) is 0 Å². The molecule has 1 unspecified atom stereocenters. The lowest BCUT2D eigenvalue weighted by molar-refractivity contribution is -0.931. The number of rotatable bonds is 6. The Morgan fingerprint density at radius 1 is 1.22 bits per heavy atom. The Hall–Kier alpha value is -2.47. The second-order valence-corrected chi connectivity index (χ2v) is 7.36. The highest BCUT2D eigenvalue weighted by Crippen LogP contribution is 2.15. The van der Waals surface area contributed by atoms with E-state index in [2.05, 4.69) is 21.3 Å². The lowest BCUT2D eigenvalue weighted by atomic mass is 10.1. The van der Waals surface area contributed by atoms with Crippen molar-refractivity contribution in [2.75, 3.05) is 37.6 Å². The van der Waals surface area contributed by atoms with Crippen molar-refractivity contribution >= 4 is 11.6 Å². The second kappa shape index (κ2) is 8.95. The van der Waals surface area contributed by atoms with Gasteiger partial charge in [-0.2, -0.15) is 0 Å². The monoisotopic (exact) mass is 371 g/mol. The molecule has 1 aromatic heterocycles. The SMILES string of the molecule is CC(C)C(=O)NCC(c1cccnc1)[NH+]1CCN(c2ccc(F)cc2)CC1. The Balaban J connectivity index is 1.66. The summed E-state index contributed by atoms with van der Waals surface area (Å²) >= 11 is 0. The molecule has 1 amide bonds. The fraction of sp³-hybridized carbons (Fsp3) is 0.429. The first-order chi connectivity index (χ1) is 13.0. The van der Waals surface area contributed by atoms with E-state index < -0.39 is 0 Å². The van der Waals surface area contributed by atoms with E-state index in [-0.39, 0.29) is 23.7 Å². The number of aromatic nitrogens is 1. The van der Waals surface area contributed by atoms with Crippen LogP contribution in [-0.4, -0.2) is 43.6 Å². The van der Waals surface area contributed by atoms with Gasteiger partial charge in [0.05, 0.1) is 32.7 Å². The van der Waals surface area contributed by atoms with Crippen LogP contribution in [0.25, 0.3) is 0 Å². The van der Waals surface area contributed by atoms with Gasteiger partial charge >= 0.3 is 0 Å². The topological polar surface area (TPSA) is 49.7 Å². The minimum absolute atomic E-state index is 0.0233. The minimum Gasteiger partial charge on any atom is -0.360 e. The summed E-state index contributed by atoms with van der Waals surface area (Å²) in [5.41, 5.74) is 2.20. The van der Waals surface area contributed by atoms with Crippen LogP contribution < -0.4 is 15.1 Å². The van der Waals surface area contributed by atoms with E-state index in [1.165, 1.54) is 17.0 Å². The lowest BCUT2D eigenvalue weighted by Gasteiger charge is -2.37. The van der Waals surface area contributed by atoms with Gasteiger partial charge in [-0.25, -0.2) is 4.39 Å². The van der Waals surface area contributed by atoms with Crippen molar-refractivity contribution < 1.29 is 14.1 Å². The van der Waals surface area contributed by atoms with Crippen molar-refractivity contribution in [3.63, 3.8) is 0 Å². The lowest BCUT2D eigenvalue weighted by Crippen LogP contribution is -3.15. The zero-order valence-electron chi connectivity index (χ0n) is 16.0. The van der Waals surface area contributed by atoms with Crippen molar-refractivity contribution in [2.45, 2.75) is 19.9 Å². The number of carbonyl (C=O) groups is 1. The van der Waals surface area contributed by atoms with E-state index in [9.17, 15) is 9.18 Å². The molecule has 5 nitrogen and oxygen atoms in total. The summed E-state index contributed by atoms with van der Waals surface area (Å²) < 4.78 is 13.2. The van der Waals surface area contributed by atoms with Gasteiger partial charge < -0.3 is 15.1 Å². The van der Waals surface area contributed by atoms with Crippen LogP contribution in [0.1, 0.15) is 25.5 Å². The van der Waals surface area contributed by atoms with Gasteiger partial charge in [-0.15, -0.1) is 0 Å². The standard InChI is InChI=1S/C21H27FN4O/c1-16(2)21(27)24-15-20(17-4-3-9-23-14-17)26-12-10-25(11-13-26)19-7-5-18(22)6-8-19/h3-9,14,16,20H,10-13,15H2,1-2H3,(H,24,27)/p+1. The van der Waals surface area contributed by atoms with Crippen LogP contribution in [0.3, 0.4) is 0 Å². The molecule has 1 atom stereocenters. The maximum Gasteiger partial charge on any atom is 0.222 e. The molecule has 1 aliphatic rings. The molecule has 1 aromatic carbocycles. The van der Waals surface area contributed by atoms with Crippen LogP contribution in [0.4, 0.5) is 10.1 Å². The molecule has 2 aromatic rings. The summed E-state index contributed by atoms with van der Waals surface area (Å²) in [5, 5.41) is 3.08. The first-order valence-electron chi connectivity index (χ1n) is 9.57. The molecule has 1 saturated heterocycles. The first kappa shape index (κ1) is 19.3. The number of amides is 1. The van der Waals surface area contributed by atoms with E-state index >= 15 is 0 Å². The van der Waals surface area contributed by atoms with Crippen LogP contribution in [-0.2, 0) is 4.79 Å². The Morgan fingerprint density at radius 3 is 2.52 bits per heavy atom. The third-order valence-corrected chi connectivity index (χ3v) is 5.18. The van der Waals surface area contributed by atoms with Crippen molar-refractivity contribution in [1.29, 1.82) is 0 Å². The number of quaternary nitrogens is 1. The molecule has 0 bridgehead atoms. The number of nitrogens with one attached hydrogen (secondary N) is 2. The summed E-state index contributed by atoms with van der Waals surface area (Å²) in [6.45, 7) is 8.12. The second-order valence-electron chi connectivity index (χ2n) is 7.36. The number of piperazine rings is 1. The van der Waals surface area contributed by atoms with Crippen LogP contribution in [0.2, 0.25) is 0 Å². The number of anilines is 1. The Morgan fingerprint density at radius 2 is 1.93 bits per heavy atom. The zero-order chi connectivity index (χ0) is 19.2. The van der Waals surface area contributed by atoms with E-state index in [0.717, 1.165) is 37.4 Å². The number of benzene rings is 1. The molecule has 1 fully saturated rings. The molecule has 0 spiro atoms. The predicted octanol–water partition coefficient (Wildman–Crippen LogP) is 1.44. The van der Waals surface area contributed by atoms with Gasteiger partial charge in [0.2, 0.25) is 5.91 Å². The van der Waals surface area contributed by atoms with Gasteiger partial charge in [0, 0.05) is 29.6 Å². The molecule has 2 heterocycles. The fourth-order valence-electron chi connectivity index (χ4n) is 3.54. The summed E-state index contributed by atoms with van der Waals surface area (Å²) in [5.74, 6) is -0.154. The molecule has 0 aliphatic carbocycles. The molecular weight excluding hydrogens is 343 g/mol. The van der Waals surface area contributed by atoms with Crippen molar-refractivity contribution in [3.8, 4) is 0 Å². The summed E-state index contributed by atoms with van der Waals surface area (Å²) in [6, 6.07) is 10.9. The Labute approximate surface area is 160 Å². The molecular formula is C21H28FN4O+. The molecule has 144 valence electrons.